The van der Waals surface area contributed by atoms with Gasteiger partial charge in [0.05, 0.1) is 5.69 Å². The zero-order valence-corrected chi connectivity index (χ0v) is 32.6. The zero-order valence-electron chi connectivity index (χ0n) is 32.6. The van der Waals surface area contributed by atoms with Crippen LogP contribution in [0.1, 0.15) is 84.0 Å². The molecule has 5 heterocycles. The summed E-state index contributed by atoms with van der Waals surface area (Å²) in [5, 5.41) is 12.7. The van der Waals surface area contributed by atoms with Crippen LogP contribution in [0.4, 0.5) is 15.8 Å². The quantitative estimate of drug-likeness (QED) is 0.208. The number of piperazine rings is 1. The van der Waals surface area contributed by atoms with Crippen LogP contribution in [0.2, 0.25) is 0 Å². The van der Waals surface area contributed by atoms with Crippen LogP contribution in [0.5, 0.6) is 11.5 Å². The number of carbonyl (C=O) groups excluding carboxylic acids is 3. The van der Waals surface area contributed by atoms with Gasteiger partial charge in [-0.05, 0) is 92.1 Å². The molecule has 3 saturated heterocycles. The lowest BCUT2D eigenvalue weighted by Crippen LogP contribution is -2.52. The number of amides is 3. The second-order valence-electron chi connectivity index (χ2n) is 17.0. The first-order chi connectivity index (χ1) is 27.5. The summed E-state index contributed by atoms with van der Waals surface area (Å²) in [7, 11) is 0. The number of nitrogens with zero attached hydrogens (tertiary/aromatic N) is 4. The van der Waals surface area contributed by atoms with Gasteiger partial charge in [-0.1, -0.05) is 42.5 Å². The summed E-state index contributed by atoms with van der Waals surface area (Å²) in [6, 6.07) is 26.7. The summed E-state index contributed by atoms with van der Waals surface area (Å²) in [4.78, 5) is 46.0. The van der Waals surface area contributed by atoms with Crippen molar-refractivity contribution >= 4 is 29.1 Å². The Hall–Kier alpha value is -5.42. The van der Waals surface area contributed by atoms with Gasteiger partial charge in [0.2, 0.25) is 11.8 Å². The van der Waals surface area contributed by atoms with Crippen molar-refractivity contribution in [1.29, 1.82) is 0 Å². The molecule has 4 aromatic carbocycles. The predicted molar refractivity (Wildman–Crippen MR) is 216 cm³/mol. The molecule has 5 aliphatic heterocycles. The smallest absolute Gasteiger partial charge is 0.255 e. The molecule has 57 heavy (non-hydrogen) atoms. The summed E-state index contributed by atoms with van der Waals surface area (Å²) < 4.78 is 22.8. The number of phenolic OH excluding ortho intramolecular Hbond substituents is 1. The third-order valence-electron chi connectivity index (χ3n) is 13.0. The van der Waals surface area contributed by atoms with Gasteiger partial charge in [0.25, 0.3) is 5.91 Å². The van der Waals surface area contributed by atoms with E-state index in [1.165, 1.54) is 0 Å². The van der Waals surface area contributed by atoms with E-state index in [0.717, 1.165) is 86.6 Å². The molecule has 5 aliphatic rings. The number of fused-ring (bicyclic) bond motifs is 2. The highest BCUT2D eigenvalue weighted by molar-refractivity contribution is 6.05. The van der Waals surface area contributed by atoms with Crippen LogP contribution < -0.4 is 19.9 Å². The van der Waals surface area contributed by atoms with Crippen molar-refractivity contribution in [3.05, 3.63) is 119 Å². The topological polar surface area (TPSA) is 106 Å². The van der Waals surface area contributed by atoms with Crippen LogP contribution in [0.3, 0.4) is 0 Å². The number of piperidine rings is 2. The van der Waals surface area contributed by atoms with Crippen molar-refractivity contribution < 1.29 is 28.6 Å². The summed E-state index contributed by atoms with van der Waals surface area (Å²) in [5.74, 6) is 0.0523. The predicted octanol–water partition coefficient (Wildman–Crippen LogP) is 6.42. The fourth-order valence-corrected chi connectivity index (χ4v) is 10.1. The molecule has 3 atom stereocenters. The van der Waals surface area contributed by atoms with E-state index in [1.807, 2.05) is 42.5 Å². The number of carbonyl (C=O) groups is 3. The maximum atomic E-state index is 16.3. The Labute approximate surface area is 333 Å². The molecule has 9 rings (SSSR count). The molecule has 11 heteroatoms. The number of nitrogens with one attached hydrogen (secondary N) is 1. The number of phenols is 1. The lowest BCUT2D eigenvalue weighted by atomic mass is 9.68. The summed E-state index contributed by atoms with van der Waals surface area (Å²) in [6.45, 7) is 10.8. The summed E-state index contributed by atoms with van der Waals surface area (Å²) in [6.07, 6.45) is 2.61. The van der Waals surface area contributed by atoms with Crippen molar-refractivity contribution in [2.24, 2.45) is 5.92 Å². The van der Waals surface area contributed by atoms with Gasteiger partial charge >= 0.3 is 0 Å². The minimum atomic E-state index is -0.611. The van der Waals surface area contributed by atoms with E-state index in [1.54, 1.807) is 23.1 Å². The number of hydrogen-bond acceptors (Lipinski definition) is 8. The fourth-order valence-electron chi connectivity index (χ4n) is 10.1. The largest absolute Gasteiger partial charge is 0.508 e. The number of hydrogen-bond donors (Lipinski definition) is 2. The summed E-state index contributed by atoms with van der Waals surface area (Å²) >= 11 is 0. The van der Waals surface area contributed by atoms with Crippen LogP contribution in [-0.4, -0.2) is 90.1 Å². The van der Waals surface area contributed by atoms with Gasteiger partial charge in [-0.25, -0.2) is 4.39 Å². The van der Waals surface area contributed by atoms with Crippen molar-refractivity contribution in [3.63, 3.8) is 0 Å². The van der Waals surface area contributed by atoms with Crippen LogP contribution >= 0.6 is 0 Å². The van der Waals surface area contributed by atoms with Gasteiger partial charge < -0.3 is 24.5 Å². The lowest BCUT2D eigenvalue weighted by molar-refractivity contribution is -0.136. The third kappa shape index (κ3) is 7.11. The van der Waals surface area contributed by atoms with Crippen LogP contribution in [0, 0.1) is 11.7 Å². The fraction of sp³-hybridized carbons (Fsp3) is 0.413. The van der Waals surface area contributed by atoms with Crippen LogP contribution in [0.15, 0.2) is 84.9 Å². The van der Waals surface area contributed by atoms with Crippen molar-refractivity contribution in [2.75, 3.05) is 55.6 Å². The molecule has 0 saturated carbocycles. The zero-order chi connectivity index (χ0) is 39.4. The Morgan fingerprint density at radius 1 is 0.825 bits per heavy atom. The van der Waals surface area contributed by atoms with E-state index in [4.69, 9.17) is 4.74 Å². The molecule has 3 fully saturated rings. The van der Waals surface area contributed by atoms with Crippen molar-refractivity contribution in [1.82, 2.24) is 15.1 Å². The molecule has 0 aromatic heterocycles. The van der Waals surface area contributed by atoms with Crippen molar-refractivity contribution in [3.8, 4) is 11.5 Å². The minimum Gasteiger partial charge on any atom is -0.508 e. The van der Waals surface area contributed by atoms with Gasteiger partial charge in [-0.15, -0.1) is 0 Å². The highest BCUT2D eigenvalue weighted by Crippen LogP contribution is 2.53. The first-order valence-corrected chi connectivity index (χ1v) is 20.4. The van der Waals surface area contributed by atoms with E-state index < -0.39 is 17.6 Å². The van der Waals surface area contributed by atoms with Gasteiger partial charge in [-0.3, -0.25) is 24.6 Å². The molecular formula is C46H50FN5O5. The van der Waals surface area contributed by atoms with E-state index in [9.17, 15) is 19.5 Å². The summed E-state index contributed by atoms with van der Waals surface area (Å²) in [5.41, 5.74) is 5.66. The average molecular weight is 772 g/mol. The van der Waals surface area contributed by atoms with Gasteiger partial charge in [0, 0.05) is 93.5 Å². The highest BCUT2D eigenvalue weighted by atomic mass is 19.1. The Balaban J connectivity index is 0.811. The number of benzene rings is 4. The second kappa shape index (κ2) is 14.8. The number of anilines is 2. The van der Waals surface area contributed by atoms with E-state index in [-0.39, 0.29) is 41.6 Å². The SMILES string of the molecule is CC1(C)Oc2cc(O)ccc2[C@@H](c2ccc(N3CCC(CN4CCN(c5ccc6c(c5)CN([C@H]5CCC(=O)NC5=O)C6=O)CC4)CC3)c(F)c2)[C@H]1c1ccccc1. The maximum Gasteiger partial charge on any atom is 0.255 e. The van der Waals surface area contributed by atoms with E-state index >= 15 is 4.39 Å². The Morgan fingerprint density at radius 2 is 1.60 bits per heavy atom. The number of ether oxygens (including phenoxy) is 1. The standard InChI is InChI=1S/C46H50FN5O5/c1-46(2)43(30-6-4-3-5-7-30)42(36-12-10-34(53)26-40(36)57-46)31-8-13-38(37(47)25-31)51-18-16-29(17-19-51)27-49-20-22-50(23-21-49)33-9-11-35-32(24-33)28-52(45(35)56)39-14-15-41(54)48-44(39)55/h3-13,24-26,29,39,42-43,53H,14-23,27-28H2,1-2H3,(H,48,54,55)/t39-,42+,43+/m0/s1. The number of halogens is 1. The van der Waals surface area contributed by atoms with Gasteiger partial charge in [0.15, 0.2) is 0 Å². The molecule has 3 amide bonds. The molecule has 296 valence electrons. The molecule has 4 aromatic rings. The maximum absolute atomic E-state index is 16.3. The molecule has 0 radical (unpaired) electrons. The van der Waals surface area contributed by atoms with E-state index in [2.05, 4.69) is 58.1 Å². The van der Waals surface area contributed by atoms with Crippen molar-refractivity contribution in [2.45, 2.75) is 69.6 Å². The number of aromatic hydroxyl groups is 1. The molecule has 0 bridgehead atoms. The monoisotopic (exact) mass is 771 g/mol. The lowest BCUT2D eigenvalue weighted by Gasteiger charge is -2.45. The Kier molecular flexibility index (Phi) is 9.67. The van der Waals surface area contributed by atoms with Crippen LogP contribution in [0.25, 0.3) is 0 Å². The third-order valence-corrected chi connectivity index (χ3v) is 13.0. The Bertz CT molecular complexity index is 2200. The average Bonchev–Trinajstić information content (AvgIpc) is 3.52. The van der Waals surface area contributed by atoms with Gasteiger partial charge in [0.1, 0.15) is 29.0 Å². The minimum absolute atomic E-state index is 0.0736. The van der Waals surface area contributed by atoms with Crippen LogP contribution in [-0.2, 0) is 16.1 Å². The van der Waals surface area contributed by atoms with Gasteiger partial charge in [-0.2, -0.15) is 0 Å². The molecular weight excluding hydrogens is 722 g/mol. The Morgan fingerprint density at radius 3 is 2.33 bits per heavy atom. The number of imide groups is 1. The van der Waals surface area contributed by atoms with E-state index in [0.29, 0.717) is 35.9 Å². The molecule has 0 unspecified atom stereocenters. The normalized spacial score (nSPS) is 23.9. The second-order valence-corrected chi connectivity index (χ2v) is 17.0. The highest BCUT2D eigenvalue weighted by Gasteiger charge is 2.46. The molecule has 10 nitrogen and oxygen atoms in total. The first-order valence-electron chi connectivity index (χ1n) is 20.4. The molecule has 0 aliphatic carbocycles. The molecule has 0 spiro atoms. The molecule has 2 N–H and O–H groups in total. The first kappa shape index (κ1) is 37.2. The number of rotatable bonds is 7.